The number of hydrogen-bond acceptors (Lipinski definition) is 2. The van der Waals surface area contributed by atoms with E-state index >= 15 is 0 Å². The fourth-order valence-electron chi connectivity index (χ4n) is 3.86. The third-order valence-corrected chi connectivity index (χ3v) is 4.87. The van der Waals surface area contributed by atoms with Crippen LogP contribution in [0.5, 0.6) is 0 Å². The smallest absolute Gasteiger partial charge is 0.242 e. The molecule has 1 spiro atoms. The van der Waals surface area contributed by atoms with Gasteiger partial charge in [0.25, 0.3) is 0 Å². The first kappa shape index (κ1) is 18.1. The maximum Gasteiger partial charge on any atom is 0.242 e. The Morgan fingerprint density at radius 2 is 1.87 bits per heavy atom. The summed E-state index contributed by atoms with van der Waals surface area (Å²) in [7, 11) is 0. The van der Waals surface area contributed by atoms with Gasteiger partial charge in [0.15, 0.2) is 5.96 Å². The third-order valence-electron chi connectivity index (χ3n) is 4.87. The molecule has 0 unspecified atom stereocenters. The molecule has 5 nitrogen and oxygen atoms in total. The fourth-order valence-corrected chi connectivity index (χ4v) is 3.86. The van der Waals surface area contributed by atoms with Gasteiger partial charge in [0.2, 0.25) is 5.91 Å². The molecule has 0 aromatic heterocycles. The first-order valence-electron chi connectivity index (χ1n) is 9.18. The lowest BCUT2D eigenvalue weighted by molar-refractivity contribution is -0.121. The van der Waals surface area contributed by atoms with Gasteiger partial charge in [-0.2, -0.15) is 0 Å². The SMILES string of the molecule is CCNC(=NCC(=O)NC(C)(C)C)N1CCC2(CCCCC2)C1. The Bertz CT molecular complexity index is 433. The van der Waals surface area contributed by atoms with Gasteiger partial charge in [-0.25, -0.2) is 4.99 Å². The van der Waals surface area contributed by atoms with Gasteiger partial charge in [-0.1, -0.05) is 19.3 Å². The second-order valence-corrected chi connectivity index (χ2v) is 8.20. The molecule has 23 heavy (non-hydrogen) atoms. The van der Waals surface area contributed by atoms with Gasteiger partial charge in [-0.3, -0.25) is 4.79 Å². The number of amides is 1. The Hall–Kier alpha value is -1.26. The number of aliphatic imine (C=N–C) groups is 1. The molecule has 2 fully saturated rings. The number of nitrogens with one attached hydrogen (secondary N) is 2. The number of carbonyl (C=O) groups is 1. The van der Waals surface area contributed by atoms with E-state index in [1.807, 2.05) is 20.8 Å². The van der Waals surface area contributed by atoms with Crippen LogP contribution in [0.15, 0.2) is 4.99 Å². The van der Waals surface area contributed by atoms with Crippen LogP contribution in [0.4, 0.5) is 0 Å². The van der Waals surface area contributed by atoms with Crippen LogP contribution in [0.2, 0.25) is 0 Å². The number of guanidine groups is 1. The number of hydrogen-bond donors (Lipinski definition) is 2. The van der Waals surface area contributed by atoms with Crippen molar-refractivity contribution in [3.05, 3.63) is 0 Å². The predicted octanol–water partition coefficient (Wildman–Crippen LogP) is 2.52. The van der Waals surface area contributed by atoms with E-state index in [9.17, 15) is 4.79 Å². The maximum atomic E-state index is 12.0. The average Bonchev–Trinajstić information content (AvgIpc) is 2.86. The zero-order chi connectivity index (χ0) is 16.9. The summed E-state index contributed by atoms with van der Waals surface area (Å²) in [6, 6.07) is 0. The van der Waals surface area contributed by atoms with Crippen LogP contribution < -0.4 is 10.6 Å². The van der Waals surface area contributed by atoms with E-state index in [1.54, 1.807) is 0 Å². The molecule has 1 amide bonds. The zero-order valence-electron chi connectivity index (χ0n) is 15.4. The molecule has 1 heterocycles. The van der Waals surface area contributed by atoms with Gasteiger partial charge in [0.05, 0.1) is 0 Å². The number of likely N-dealkylation sites (tertiary alicyclic amines) is 1. The Morgan fingerprint density at radius 1 is 1.17 bits per heavy atom. The molecular weight excluding hydrogens is 288 g/mol. The summed E-state index contributed by atoms with van der Waals surface area (Å²) in [4.78, 5) is 19.0. The van der Waals surface area contributed by atoms with Crippen molar-refractivity contribution >= 4 is 11.9 Å². The lowest BCUT2D eigenvalue weighted by Gasteiger charge is -2.33. The molecular formula is C18H34N4O. The van der Waals surface area contributed by atoms with E-state index < -0.39 is 0 Å². The van der Waals surface area contributed by atoms with Crippen LogP contribution >= 0.6 is 0 Å². The molecule has 1 saturated heterocycles. The van der Waals surface area contributed by atoms with Crippen molar-refractivity contribution in [1.29, 1.82) is 0 Å². The van der Waals surface area contributed by atoms with Crippen molar-refractivity contribution in [1.82, 2.24) is 15.5 Å². The largest absolute Gasteiger partial charge is 0.357 e. The highest BCUT2D eigenvalue weighted by Gasteiger charge is 2.39. The number of carbonyl (C=O) groups excluding carboxylic acids is 1. The lowest BCUT2D eigenvalue weighted by Crippen LogP contribution is -2.44. The van der Waals surface area contributed by atoms with Crippen LogP contribution in [0.1, 0.15) is 66.2 Å². The Morgan fingerprint density at radius 3 is 2.48 bits per heavy atom. The molecule has 0 bridgehead atoms. The van der Waals surface area contributed by atoms with Gasteiger partial charge in [-0.15, -0.1) is 0 Å². The van der Waals surface area contributed by atoms with Crippen molar-refractivity contribution in [3.63, 3.8) is 0 Å². The molecule has 0 aromatic carbocycles. The first-order valence-corrected chi connectivity index (χ1v) is 9.18. The zero-order valence-corrected chi connectivity index (χ0v) is 15.4. The highest BCUT2D eigenvalue weighted by molar-refractivity contribution is 5.85. The van der Waals surface area contributed by atoms with Gasteiger partial charge in [-0.05, 0) is 52.4 Å². The van der Waals surface area contributed by atoms with E-state index in [2.05, 4.69) is 27.4 Å². The normalized spacial score (nSPS) is 21.6. The van der Waals surface area contributed by atoms with E-state index in [-0.39, 0.29) is 18.0 Å². The quantitative estimate of drug-likeness (QED) is 0.620. The monoisotopic (exact) mass is 322 g/mol. The van der Waals surface area contributed by atoms with Gasteiger partial charge in [0.1, 0.15) is 6.54 Å². The molecule has 132 valence electrons. The second kappa shape index (κ2) is 7.54. The van der Waals surface area contributed by atoms with Crippen LogP contribution in [0, 0.1) is 5.41 Å². The van der Waals surface area contributed by atoms with Gasteiger partial charge < -0.3 is 15.5 Å². The molecule has 0 radical (unpaired) electrons. The van der Waals surface area contributed by atoms with Crippen LogP contribution in [0.3, 0.4) is 0 Å². The highest BCUT2D eigenvalue weighted by Crippen LogP contribution is 2.43. The molecule has 0 atom stereocenters. The van der Waals surface area contributed by atoms with Crippen LogP contribution in [-0.2, 0) is 4.79 Å². The van der Waals surface area contributed by atoms with E-state index in [0.717, 1.165) is 25.6 Å². The standard InChI is InChI=1S/C18H34N4O/c1-5-19-16(20-13-15(23)21-17(2,3)4)22-12-11-18(14-22)9-7-6-8-10-18/h5-14H2,1-4H3,(H,19,20)(H,21,23). The van der Waals surface area contributed by atoms with Crippen molar-refractivity contribution in [2.45, 2.75) is 71.8 Å². The highest BCUT2D eigenvalue weighted by atomic mass is 16.2. The molecule has 2 N–H and O–H groups in total. The molecule has 1 aliphatic heterocycles. The number of nitrogens with zero attached hydrogens (tertiary/aromatic N) is 2. The van der Waals surface area contributed by atoms with Gasteiger partial charge >= 0.3 is 0 Å². The molecule has 0 aromatic rings. The van der Waals surface area contributed by atoms with E-state index in [1.165, 1.54) is 38.5 Å². The average molecular weight is 322 g/mol. The molecule has 1 aliphatic carbocycles. The maximum absolute atomic E-state index is 12.0. The molecule has 2 aliphatic rings. The summed E-state index contributed by atoms with van der Waals surface area (Å²) in [5.74, 6) is 0.887. The minimum Gasteiger partial charge on any atom is -0.357 e. The summed E-state index contributed by atoms with van der Waals surface area (Å²) >= 11 is 0. The van der Waals surface area contributed by atoms with Crippen molar-refractivity contribution in [2.75, 3.05) is 26.2 Å². The van der Waals surface area contributed by atoms with Crippen LogP contribution in [-0.4, -0.2) is 48.5 Å². The summed E-state index contributed by atoms with van der Waals surface area (Å²) in [5.41, 5.74) is 0.298. The van der Waals surface area contributed by atoms with Crippen molar-refractivity contribution in [2.24, 2.45) is 10.4 Å². The van der Waals surface area contributed by atoms with E-state index in [4.69, 9.17) is 0 Å². The van der Waals surface area contributed by atoms with Crippen molar-refractivity contribution < 1.29 is 4.79 Å². The van der Waals surface area contributed by atoms with Crippen LogP contribution in [0.25, 0.3) is 0 Å². The Kier molecular flexibility index (Phi) is 5.93. The summed E-state index contributed by atoms with van der Waals surface area (Å²) < 4.78 is 0. The Labute approximate surface area is 141 Å². The number of rotatable bonds is 3. The first-order chi connectivity index (χ1) is 10.8. The molecule has 1 saturated carbocycles. The predicted molar refractivity (Wildman–Crippen MR) is 95.6 cm³/mol. The topological polar surface area (TPSA) is 56.7 Å². The van der Waals surface area contributed by atoms with E-state index in [0.29, 0.717) is 5.41 Å². The van der Waals surface area contributed by atoms with Gasteiger partial charge in [0, 0.05) is 25.2 Å². The van der Waals surface area contributed by atoms with Crippen molar-refractivity contribution in [3.8, 4) is 0 Å². The minimum atomic E-state index is -0.204. The summed E-state index contributed by atoms with van der Waals surface area (Å²) in [6.45, 7) is 11.3. The minimum absolute atomic E-state index is 0.0144. The summed E-state index contributed by atoms with van der Waals surface area (Å²) in [6.07, 6.45) is 8.11. The summed E-state index contributed by atoms with van der Waals surface area (Å²) in [5, 5.41) is 6.33. The fraction of sp³-hybridized carbons (Fsp3) is 0.889. The third kappa shape index (κ3) is 5.40. The Balaban J connectivity index is 1.95. The second-order valence-electron chi connectivity index (χ2n) is 8.20. The molecule has 2 rings (SSSR count). The lowest BCUT2D eigenvalue weighted by atomic mass is 9.73. The molecule has 5 heteroatoms.